The summed E-state index contributed by atoms with van der Waals surface area (Å²) in [5, 5.41) is 10.2. The van der Waals surface area contributed by atoms with Crippen LogP contribution < -0.4 is 5.84 Å². The summed E-state index contributed by atoms with van der Waals surface area (Å²) in [7, 11) is 0. The van der Waals surface area contributed by atoms with Crippen LogP contribution in [0.2, 0.25) is 10.0 Å². The number of benzene rings is 2. The normalized spacial score (nSPS) is 11.8. The van der Waals surface area contributed by atoms with Gasteiger partial charge in [-0.15, -0.1) is 10.2 Å². The third-order valence-corrected chi connectivity index (χ3v) is 6.26. The molecule has 0 aliphatic heterocycles. The minimum atomic E-state index is 0.130. The molecule has 1 heterocycles. The van der Waals surface area contributed by atoms with Crippen LogP contribution >= 0.6 is 35.0 Å². The van der Waals surface area contributed by atoms with Gasteiger partial charge in [-0.1, -0.05) is 67.9 Å². The summed E-state index contributed by atoms with van der Waals surface area (Å²) in [5.74, 6) is 7.53. The number of nitrogens with two attached hydrogens (primary N) is 1. The van der Waals surface area contributed by atoms with Gasteiger partial charge in [0.2, 0.25) is 5.16 Å². The zero-order valence-electron chi connectivity index (χ0n) is 16.7. The highest BCUT2D eigenvalue weighted by molar-refractivity contribution is 7.98. The van der Waals surface area contributed by atoms with Gasteiger partial charge in [-0.05, 0) is 59.7 Å². The molecular formula is C21H24Cl2N4S. The molecule has 0 unspecified atom stereocenters. The van der Waals surface area contributed by atoms with Gasteiger partial charge in [0.05, 0.1) is 5.02 Å². The van der Waals surface area contributed by atoms with Crippen molar-refractivity contribution < 1.29 is 0 Å². The Morgan fingerprint density at radius 3 is 2.25 bits per heavy atom. The van der Waals surface area contributed by atoms with E-state index >= 15 is 0 Å². The minimum Gasteiger partial charge on any atom is -0.335 e. The number of aryl methyl sites for hydroxylation is 2. The van der Waals surface area contributed by atoms with Crippen molar-refractivity contribution in [2.24, 2.45) is 0 Å². The van der Waals surface area contributed by atoms with E-state index < -0.39 is 0 Å². The molecule has 0 aliphatic carbocycles. The standard InChI is InChI=1S/C21H24Cl2N4S/c1-12-8-14(21(3,4)5)9-13(2)17(12)11-28-20-26-25-19(27(20)24)16-7-6-15(22)10-18(16)23/h6-10H,11,24H2,1-5H3. The van der Waals surface area contributed by atoms with Gasteiger partial charge in [0.15, 0.2) is 5.82 Å². The van der Waals surface area contributed by atoms with Gasteiger partial charge in [-0.25, -0.2) is 4.68 Å². The number of nitrogens with zero attached hydrogens (tertiary/aromatic N) is 3. The van der Waals surface area contributed by atoms with Crippen LogP contribution in [0.25, 0.3) is 11.4 Å². The summed E-state index contributed by atoms with van der Waals surface area (Å²) in [5.41, 5.74) is 6.04. The molecular weight excluding hydrogens is 411 g/mol. The average Bonchev–Trinajstić information content (AvgIpc) is 2.94. The van der Waals surface area contributed by atoms with Gasteiger partial charge in [0.25, 0.3) is 0 Å². The van der Waals surface area contributed by atoms with E-state index in [0.29, 0.717) is 26.6 Å². The summed E-state index contributed by atoms with van der Waals surface area (Å²) in [6, 6.07) is 9.77. The first-order valence-electron chi connectivity index (χ1n) is 8.97. The van der Waals surface area contributed by atoms with Gasteiger partial charge in [-0.3, -0.25) is 0 Å². The van der Waals surface area contributed by atoms with E-state index in [4.69, 9.17) is 29.0 Å². The molecule has 2 N–H and O–H groups in total. The molecule has 28 heavy (non-hydrogen) atoms. The van der Waals surface area contributed by atoms with Crippen LogP contribution in [-0.2, 0) is 11.2 Å². The van der Waals surface area contributed by atoms with Gasteiger partial charge < -0.3 is 5.84 Å². The van der Waals surface area contributed by atoms with Crippen LogP contribution in [0.4, 0.5) is 0 Å². The molecule has 0 amide bonds. The van der Waals surface area contributed by atoms with Crippen LogP contribution in [-0.4, -0.2) is 14.9 Å². The quantitative estimate of drug-likeness (QED) is 0.393. The Morgan fingerprint density at radius 2 is 1.68 bits per heavy atom. The van der Waals surface area contributed by atoms with E-state index in [0.717, 1.165) is 5.75 Å². The van der Waals surface area contributed by atoms with Crippen LogP contribution in [0.3, 0.4) is 0 Å². The Labute approximate surface area is 180 Å². The van der Waals surface area contributed by atoms with Gasteiger partial charge in [-0.2, -0.15) is 0 Å². The molecule has 148 valence electrons. The lowest BCUT2D eigenvalue weighted by molar-refractivity contribution is 0.589. The lowest BCUT2D eigenvalue weighted by Crippen LogP contribution is -2.13. The number of halogens is 2. The summed E-state index contributed by atoms with van der Waals surface area (Å²) in [6.45, 7) is 11.0. The second kappa shape index (κ2) is 7.97. The summed E-state index contributed by atoms with van der Waals surface area (Å²) >= 11 is 13.8. The SMILES string of the molecule is Cc1cc(C(C)(C)C)cc(C)c1CSc1nnc(-c2ccc(Cl)cc2Cl)n1N. The summed E-state index contributed by atoms with van der Waals surface area (Å²) < 4.78 is 1.48. The number of nitrogen functional groups attached to an aromatic ring is 1. The minimum absolute atomic E-state index is 0.130. The van der Waals surface area contributed by atoms with E-state index in [1.165, 1.54) is 26.9 Å². The smallest absolute Gasteiger partial charge is 0.210 e. The third kappa shape index (κ3) is 4.32. The summed E-state index contributed by atoms with van der Waals surface area (Å²) in [4.78, 5) is 0. The highest BCUT2D eigenvalue weighted by atomic mass is 35.5. The van der Waals surface area contributed by atoms with Crippen molar-refractivity contribution in [1.29, 1.82) is 0 Å². The molecule has 2 aromatic carbocycles. The van der Waals surface area contributed by atoms with Crippen molar-refractivity contribution >= 4 is 35.0 Å². The lowest BCUT2D eigenvalue weighted by Gasteiger charge is -2.22. The third-order valence-electron chi connectivity index (χ3n) is 4.74. The van der Waals surface area contributed by atoms with E-state index in [1.807, 2.05) is 0 Å². The fraction of sp³-hybridized carbons (Fsp3) is 0.333. The van der Waals surface area contributed by atoms with Crippen LogP contribution in [0, 0.1) is 13.8 Å². The molecule has 4 nitrogen and oxygen atoms in total. The monoisotopic (exact) mass is 434 g/mol. The molecule has 0 aliphatic rings. The predicted molar refractivity (Wildman–Crippen MR) is 120 cm³/mol. The average molecular weight is 435 g/mol. The van der Waals surface area contributed by atoms with Gasteiger partial charge in [0, 0.05) is 16.3 Å². The Kier molecular flexibility index (Phi) is 5.99. The van der Waals surface area contributed by atoms with Crippen molar-refractivity contribution in [1.82, 2.24) is 14.9 Å². The van der Waals surface area contributed by atoms with Crippen molar-refractivity contribution in [2.75, 3.05) is 5.84 Å². The molecule has 3 aromatic rings. The molecule has 0 saturated heterocycles. The Hall–Kier alpha value is -1.69. The zero-order valence-corrected chi connectivity index (χ0v) is 19.0. The van der Waals surface area contributed by atoms with Gasteiger partial charge >= 0.3 is 0 Å². The maximum atomic E-state index is 6.28. The Balaban J connectivity index is 1.84. The van der Waals surface area contributed by atoms with E-state index in [1.54, 1.807) is 30.0 Å². The highest BCUT2D eigenvalue weighted by Crippen LogP contribution is 2.33. The highest BCUT2D eigenvalue weighted by Gasteiger charge is 2.18. The number of aromatic nitrogens is 3. The number of thioether (sulfide) groups is 1. The maximum Gasteiger partial charge on any atom is 0.210 e. The maximum absolute atomic E-state index is 6.28. The number of hydrogen-bond donors (Lipinski definition) is 1. The van der Waals surface area contributed by atoms with Crippen LogP contribution in [0.15, 0.2) is 35.5 Å². The number of hydrogen-bond acceptors (Lipinski definition) is 4. The largest absolute Gasteiger partial charge is 0.335 e. The van der Waals surface area contributed by atoms with Crippen molar-refractivity contribution in [2.45, 2.75) is 50.9 Å². The molecule has 0 fully saturated rings. The summed E-state index contributed by atoms with van der Waals surface area (Å²) in [6.07, 6.45) is 0. The van der Waals surface area contributed by atoms with E-state index in [-0.39, 0.29) is 5.41 Å². The second-order valence-electron chi connectivity index (χ2n) is 7.93. The first kappa shape index (κ1) is 21.0. The molecule has 0 atom stereocenters. The lowest BCUT2D eigenvalue weighted by atomic mass is 9.84. The fourth-order valence-corrected chi connectivity index (χ4v) is 4.57. The Bertz CT molecular complexity index is 999. The van der Waals surface area contributed by atoms with E-state index in [9.17, 15) is 0 Å². The molecule has 0 radical (unpaired) electrons. The first-order chi connectivity index (χ1) is 13.1. The van der Waals surface area contributed by atoms with Gasteiger partial charge in [0.1, 0.15) is 0 Å². The van der Waals surface area contributed by atoms with Crippen molar-refractivity contribution in [3.05, 3.63) is 62.6 Å². The molecule has 0 bridgehead atoms. The molecule has 7 heteroatoms. The number of rotatable bonds is 4. The molecule has 1 aromatic heterocycles. The van der Waals surface area contributed by atoms with Crippen molar-refractivity contribution in [3.8, 4) is 11.4 Å². The topological polar surface area (TPSA) is 56.7 Å². The Morgan fingerprint density at radius 1 is 1.04 bits per heavy atom. The second-order valence-corrected chi connectivity index (χ2v) is 9.71. The predicted octanol–water partition coefficient (Wildman–Crippen LogP) is 6.17. The molecule has 3 rings (SSSR count). The zero-order chi connectivity index (χ0) is 20.6. The fourth-order valence-electron chi connectivity index (χ4n) is 3.02. The molecule has 0 spiro atoms. The van der Waals surface area contributed by atoms with Crippen LogP contribution in [0.1, 0.15) is 43.0 Å². The van der Waals surface area contributed by atoms with Crippen LogP contribution in [0.5, 0.6) is 0 Å². The molecule has 0 saturated carbocycles. The van der Waals surface area contributed by atoms with E-state index in [2.05, 4.69) is 56.9 Å². The first-order valence-corrected chi connectivity index (χ1v) is 10.7. The van der Waals surface area contributed by atoms with Crippen molar-refractivity contribution in [3.63, 3.8) is 0 Å².